The quantitative estimate of drug-likeness (QED) is 0.173. The molecule has 0 aromatic heterocycles. The van der Waals surface area contributed by atoms with Gasteiger partial charge in [0, 0.05) is 0 Å². The van der Waals surface area contributed by atoms with Crippen molar-refractivity contribution in [3.05, 3.63) is 12.7 Å². The first kappa shape index (κ1) is 23.2. The van der Waals surface area contributed by atoms with Crippen LogP contribution in [0.1, 0.15) is 59.3 Å². The Balaban J connectivity index is 0. The van der Waals surface area contributed by atoms with Crippen LogP contribution >= 0.6 is 7.26 Å². The van der Waals surface area contributed by atoms with Crippen LogP contribution in [0.5, 0.6) is 0 Å². The average molecular weight is 331 g/mol. The number of halogens is 4. The van der Waals surface area contributed by atoms with Crippen LogP contribution in [0.3, 0.4) is 0 Å². The Morgan fingerprint density at radius 3 is 1.29 bits per heavy atom. The maximum absolute atomic E-state index is 9.75. The van der Waals surface area contributed by atoms with E-state index in [1.807, 2.05) is 0 Å². The van der Waals surface area contributed by atoms with E-state index in [0.717, 1.165) is 0 Å². The second-order valence-corrected chi connectivity index (χ2v) is 10.7. The van der Waals surface area contributed by atoms with Gasteiger partial charge >= 0.3 is 111 Å². The van der Waals surface area contributed by atoms with Gasteiger partial charge in [0.15, 0.2) is 0 Å². The van der Waals surface area contributed by atoms with Gasteiger partial charge in [-0.05, 0) is 0 Å². The van der Waals surface area contributed by atoms with Crippen molar-refractivity contribution in [2.45, 2.75) is 59.3 Å². The molecule has 0 aliphatic heterocycles. The number of allylic oxidation sites excluding steroid dienone is 1. The summed E-state index contributed by atoms with van der Waals surface area (Å²) in [6.07, 6.45) is 16.7. The van der Waals surface area contributed by atoms with Crippen LogP contribution < -0.4 is 0 Å². The molecule has 0 aromatic carbocycles. The van der Waals surface area contributed by atoms with Crippen LogP contribution in [-0.2, 0) is 0 Å². The van der Waals surface area contributed by atoms with Gasteiger partial charge in [0.05, 0.1) is 0 Å². The molecule has 6 heteroatoms. The fourth-order valence-corrected chi connectivity index (χ4v) is 7.93. The number of hydrogen-bond acceptors (Lipinski definition) is 0. The van der Waals surface area contributed by atoms with Gasteiger partial charge in [0.25, 0.3) is 0 Å². The van der Waals surface area contributed by atoms with Gasteiger partial charge in [-0.25, -0.2) is 0 Å². The number of unbranched alkanes of at least 4 members (excludes halogenated alkanes) is 3. The minimum Gasteiger partial charge on any atom is -0.418 e. The zero-order valence-electron chi connectivity index (χ0n) is 13.9. The van der Waals surface area contributed by atoms with E-state index in [9.17, 15) is 17.3 Å². The standard InChI is InChI=1S/C15H33P.BF4/c1-5-9-13-16(12-8-4,14-10-6-2)15-11-7-3;2-1(3,4)5/h8,16H,4-7,9-15H2,1-3H3;/q;-1. The van der Waals surface area contributed by atoms with Crippen molar-refractivity contribution >= 4 is 14.5 Å². The van der Waals surface area contributed by atoms with E-state index in [2.05, 4.69) is 33.4 Å². The molecule has 0 aliphatic carbocycles. The summed E-state index contributed by atoms with van der Waals surface area (Å²) in [7, 11) is -6.98. The zero-order chi connectivity index (χ0) is 16.8. The molecule has 0 spiro atoms. The third-order valence-corrected chi connectivity index (χ3v) is 9.16. The molecule has 0 rings (SSSR count). The number of rotatable bonds is 11. The van der Waals surface area contributed by atoms with Gasteiger partial charge in [-0.15, -0.1) is 0 Å². The van der Waals surface area contributed by atoms with E-state index in [4.69, 9.17) is 0 Å². The fraction of sp³-hybridized carbons (Fsp3) is 0.867. The van der Waals surface area contributed by atoms with Crippen molar-refractivity contribution in [1.29, 1.82) is 0 Å². The summed E-state index contributed by atoms with van der Waals surface area (Å²) in [5, 5.41) is 0. The van der Waals surface area contributed by atoms with E-state index in [1.165, 1.54) is 44.7 Å². The Kier molecular flexibility index (Phi) is 15.0. The predicted molar refractivity (Wildman–Crippen MR) is 92.9 cm³/mol. The molecule has 0 unspecified atom stereocenters. The maximum atomic E-state index is 9.75. The molecule has 0 radical (unpaired) electrons. The molecule has 0 aromatic rings. The fourth-order valence-electron chi connectivity index (χ4n) is 2.64. The molecule has 0 fully saturated rings. The normalized spacial score (nSPS) is 12.5. The van der Waals surface area contributed by atoms with E-state index in [0.29, 0.717) is 0 Å². The molecule has 0 amide bonds. The van der Waals surface area contributed by atoms with E-state index in [1.54, 1.807) is 18.5 Å². The first-order valence-electron chi connectivity index (χ1n) is 8.22. The smallest absolute Gasteiger partial charge is 0.418 e. The van der Waals surface area contributed by atoms with Gasteiger partial charge in [0.2, 0.25) is 0 Å². The Morgan fingerprint density at radius 1 is 0.810 bits per heavy atom. The zero-order valence-corrected chi connectivity index (χ0v) is 14.9. The van der Waals surface area contributed by atoms with Crippen molar-refractivity contribution in [2.24, 2.45) is 0 Å². The van der Waals surface area contributed by atoms with Gasteiger partial charge in [-0.3, -0.25) is 0 Å². The van der Waals surface area contributed by atoms with Gasteiger partial charge < -0.3 is 17.3 Å². The molecule has 0 aliphatic rings. The third-order valence-electron chi connectivity index (χ3n) is 3.76. The first-order valence-corrected chi connectivity index (χ1v) is 11.1. The molecule has 21 heavy (non-hydrogen) atoms. The van der Waals surface area contributed by atoms with Crippen LogP contribution in [0, 0.1) is 0 Å². The summed E-state index contributed by atoms with van der Waals surface area (Å²) in [5.41, 5.74) is 0. The van der Waals surface area contributed by atoms with Gasteiger partial charge in [-0.1, -0.05) is 0 Å². The summed E-state index contributed by atoms with van der Waals surface area (Å²) in [4.78, 5) is 0. The molecule has 0 bridgehead atoms. The van der Waals surface area contributed by atoms with Crippen molar-refractivity contribution in [3.8, 4) is 0 Å². The molecule has 0 N–H and O–H groups in total. The minimum absolute atomic E-state index is 0.976. The largest absolute Gasteiger partial charge is 0.673 e. The van der Waals surface area contributed by atoms with Crippen LogP contribution in [-0.4, -0.2) is 31.9 Å². The van der Waals surface area contributed by atoms with E-state index >= 15 is 0 Å². The summed E-state index contributed by atoms with van der Waals surface area (Å²) < 4.78 is 39.0. The van der Waals surface area contributed by atoms with Crippen LogP contribution in [0.15, 0.2) is 12.7 Å². The topological polar surface area (TPSA) is 0 Å². The van der Waals surface area contributed by atoms with Crippen molar-refractivity contribution < 1.29 is 17.3 Å². The molecular formula is C15H33BF4P-. The third kappa shape index (κ3) is 17.9. The average Bonchev–Trinajstić information content (AvgIpc) is 2.38. The Morgan fingerprint density at radius 2 is 1.10 bits per heavy atom. The summed E-state index contributed by atoms with van der Waals surface area (Å²) in [6, 6.07) is 0. The molecule has 0 saturated carbocycles. The van der Waals surface area contributed by atoms with E-state index in [-0.39, 0.29) is 0 Å². The molecule has 0 atom stereocenters. The van der Waals surface area contributed by atoms with Crippen molar-refractivity contribution in [3.63, 3.8) is 0 Å². The first-order chi connectivity index (χ1) is 9.74. The summed E-state index contributed by atoms with van der Waals surface area (Å²) in [6.45, 7) is 11.0. The Bertz CT molecular complexity index is 217. The molecule has 0 nitrogen and oxygen atoms in total. The van der Waals surface area contributed by atoms with Crippen LogP contribution in [0.2, 0.25) is 0 Å². The minimum atomic E-state index is -6.00. The maximum Gasteiger partial charge on any atom is 0.673 e. The second kappa shape index (κ2) is 13.6. The monoisotopic (exact) mass is 331 g/mol. The van der Waals surface area contributed by atoms with Crippen molar-refractivity contribution in [2.75, 3.05) is 24.6 Å². The van der Waals surface area contributed by atoms with Crippen molar-refractivity contribution in [1.82, 2.24) is 0 Å². The van der Waals surface area contributed by atoms with E-state index < -0.39 is 14.5 Å². The predicted octanol–water partition coefficient (Wildman–Crippen LogP) is 6.62. The van der Waals surface area contributed by atoms with Crippen LogP contribution in [0.4, 0.5) is 17.3 Å². The SMILES string of the molecule is C=CC[PH](CCCC)(CCCC)CCCC.F[B-](F)(F)F. The summed E-state index contributed by atoms with van der Waals surface area (Å²) in [5.74, 6) is 0. The summed E-state index contributed by atoms with van der Waals surface area (Å²) >= 11 is 0. The molecule has 0 heterocycles. The Hall–Kier alpha value is -0.0451. The second-order valence-electron chi connectivity index (χ2n) is 5.80. The Labute approximate surface area is 129 Å². The molecule has 0 saturated heterocycles. The molecule has 130 valence electrons. The van der Waals surface area contributed by atoms with Gasteiger partial charge in [0.1, 0.15) is 0 Å². The van der Waals surface area contributed by atoms with Crippen LogP contribution in [0.25, 0.3) is 0 Å². The van der Waals surface area contributed by atoms with Gasteiger partial charge in [-0.2, -0.15) is 0 Å². The molecular weight excluding hydrogens is 298 g/mol. The number of hydrogen-bond donors (Lipinski definition) is 0.